The summed E-state index contributed by atoms with van der Waals surface area (Å²) in [5.41, 5.74) is 16.6. The fourth-order valence-electron chi connectivity index (χ4n) is 2.85. The number of hydrogen-bond donors (Lipinski definition) is 2. The smallest absolute Gasteiger partial charge is 0.0867 e. The minimum Gasteiger partial charge on any atom is -0.310 e. The van der Waals surface area contributed by atoms with Gasteiger partial charge in [-0.2, -0.15) is 0 Å². The molecule has 1 aromatic carbocycles. The third-order valence-electron chi connectivity index (χ3n) is 3.90. The van der Waals surface area contributed by atoms with Crippen LogP contribution in [0.5, 0.6) is 0 Å². The van der Waals surface area contributed by atoms with Crippen molar-refractivity contribution in [3.05, 3.63) is 53.1 Å². The van der Waals surface area contributed by atoms with E-state index in [1.807, 2.05) is 6.08 Å². The zero-order valence-corrected chi connectivity index (χ0v) is 13.0. The van der Waals surface area contributed by atoms with Gasteiger partial charge in [-0.1, -0.05) is 58.0 Å². The highest BCUT2D eigenvalue weighted by Crippen LogP contribution is 2.35. The Morgan fingerprint density at radius 2 is 1.75 bits per heavy atom. The first-order valence-corrected chi connectivity index (χ1v) is 7.42. The second-order valence-corrected chi connectivity index (χ2v) is 6.43. The molecule has 0 fully saturated rings. The van der Waals surface area contributed by atoms with Crippen LogP contribution in [0.2, 0.25) is 0 Å². The van der Waals surface area contributed by atoms with Gasteiger partial charge >= 0.3 is 0 Å². The molecule has 0 aromatic heterocycles. The lowest BCUT2D eigenvalue weighted by molar-refractivity contribution is 0.558. The van der Waals surface area contributed by atoms with E-state index in [0.29, 0.717) is 18.3 Å². The standard InChI is InChI=1S/C18H26N2/c1-12(2)15-6-5-7-16(17(15)13(3)4)14-8-10-18(19,20)11-9-14/h5-10,12-13H,11,19-20H2,1-4H3. The first-order chi connectivity index (χ1) is 9.32. The largest absolute Gasteiger partial charge is 0.310 e. The number of nitrogens with two attached hydrogens (primary N) is 2. The summed E-state index contributed by atoms with van der Waals surface area (Å²) >= 11 is 0. The highest BCUT2D eigenvalue weighted by molar-refractivity contribution is 5.78. The third-order valence-corrected chi connectivity index (χ3v) is 3.90. The molecule has 0 saturated heterocycles. The average Bonchev–Trinajstić information content (AvgIpc) is 2.37. The molecule has 0 unspecified atom stereocenters. The van der Waals surface area contributed by atoms with E-state index in [1.165, 1.54) is 22.3 Å². The van der Waals surface area contributed by atoms with Gasteiger partial charge in [0.05, 0.1) is 5.66 Å². The number of rotatable bonds is 3. The molecule has 108 valence electrons. The summed E-state index contributed by atoms with van der Waals surface area (Å²) in [6.45, 7) is 9.02. The quantitative estimate of drug-likeness (QED) is 0.819. The highest BCUT2D eigenvalue weighted by atomic mass is 14.9. The molecule has 4 N–H and O–H groups in total. The van der Waals surface area contributed by atoms with E-state index in [4.69, 9.17) is 11.5 Å². The van der Waals surface area contributed by atoms with Crippen LogP contribution >= 0.6 is 0 Å². The topological polar surface area (TPSA) is 52.0 Å². The Morgan fingerprint density at radius 3 is 2.25 bits per heavy atom. The third kappa shape index (κ3) is 3.02. The number of hydrogen-bond acceptors (Lipinski definition) is 2. The molecule has 1 aliphatic carbocycles. The Balaban J connectivity index is 2.51. The van der Waals surface area contributed by atoms with E-state index in [-0.39, 0.29) is 0 Å². The molecule has 1 aromatic rings. The number of allylic oxidation sites excluding steroid dienone is 2. The van der Waals surface area contributed by atoms with Gasteiger partial charge in [-0.25, -0.2) is 0 Å². The van der Waals surface area contributed by atoms with Crippen molar-refractivity contribution >= 4 is 5.57 Å². The molecule has 0 heterocycles. The Kier molecular flexibility index (Phi) is 4.17. The van der Waals surface area contributed by atoms with E-state index >= 15 is 0 Å². The van der Waals surface area contributed by atoms with Gasteiger partial charge in [0, 0.05) is 6.42 Å². The maximum atomic E-state index is 5.94. The van der Waals surface area contributed by atoms with Crippen molar-refractivity contribution in [1.29, 1.82) is 0 Å². The van der Waals surface area contributed by atoms with Crippen molar-refractivity contribution in [1.82, 2.24) is 0 Å². The molecular formula is C18H26N2. The lowest BCUT2D eigenvalue weighted by Crippen LogP contribution is -2.47. The molecule has 0 radical (unpaired) electrons. The Labute approximate surface area is 122 Å². The molecular weight excluding hydrogens is 244 g/mol. The van der Waals surface area contributed by atoms with Gasteiger partial charge in [-0.05, 0) is 40.2 Å². The molecule has 0 aliphatic heterocycles. The van der Waals surface area contributed by atoms with Crippen LogP contribution in [-0.4, -0.2) is 5.66 Å². The second kappa shape index (κ2) is 5.55. The summed E-state index contributed by atoms with van der Waals surface area (Å²) in [5.74, 6) is 1.03. The molecule has 0 amide bonds. The van der Waals surface area contributed by atoms with Crippen LogP contribution in [0.15, 0.2) is 36.4 Å². The summed E-state index contributed by atoms with van der Waals surface area (Å²) in [5, 5.41) is 0. The van der Waals surface area contributed by atoms with Crippen LogP contribution in [0, 0.1) is 0 Å². The predicted octanol–water partition coefficient (Wildman–Crippen LogP) is 3.89. The minimum absolute atomic E-state index is 0.500. The normalized spacial score (nSPS) is 17.7. The second-order valence-electron chi connectivity index (χ2n) is 6.43. The van der Waals surface area contributed by atoms with Crippen LogP contribution in [-0.2, 0) is 0 Å². The molecule has 1 aliphatic rings. The summed E-state index contributed by atoms with van der Waals surface area (Å²) in [6.07, 6.45) is 6.82. The average molecular weight is 270 g/mol. The Hall–Kier alpha value is -1.38. The zero-order chi connectivity index (χ0) is 14.9. The summed E-state index contributed by atoms with van der Waals surface area (Å²) < 4.78 is 0. The first-order valence-electron chi connectivity index (χ1n) is 7.42. The fraction of sp³-hybridized carbons (Fsp3) is 0.444. The first kappa shape index (κ1) is 15.0. The van der Waals surface area contributed by atoms with E-state index in [2.05, 4.69) is 58.0 Å². The molecule has 2 heteroatoms. The van der Waals surface area contributed by atoms with Gasteiger partial charge in [-0.15, -0.1) is 0 Å². The van der Waals surface area contributed by atoms with E-state index in [9.17, 15) is 0 Å². The van der Waals surface area contributed by atoms with Gasteiger partial charge < -0.3 is 11.5 Å². The maximum Gasteiger partial charge on any atom is 0.0867 e. The number of benzene rings is 1. The monoisotopic (exact) mass is 270 g/mol. The van der Waals surface area contributed by atoms with Gasteiger partial charge in [-0.3, -0.25) is 0 Å². The summed E-state index contributed by atoms with van der Waals surface area (Å²) in [6, 6.07) is 6.60. The molecule has 0 atom stereocenters. The highest BCUT2D eigenvalue weighted by Gasteiger charge is 2.21. The zero-order valence-electron chi connectivity index (χ0n) is 13.0. The van der Waals surface area contributed by atoms with Crippen LogP contribution < -0.4 is 11.5 Å². The molecule has 0 spiro atoms. The van der Waals surface area contributed by atoms with Gasteiger partial charge in [0.15, 0.2) is 0 Å². The predicted molar refractivity (Wildman–Crippen MR) is 87.5 cm³/mol. The Morgan fingerprint density at radius 1 is 1.05 bits per heavy atom. The lowest BCUT2D eigenvalue weighted by atomic mass is 9.82. The van der Waals surface area contributed by atoms with Crippen molar-refractivity contribution in [3.8, 4) is 0 Å². The summed E-state index contributed by atoms with van der Waals surface area (Å²) in [4.78, 5) is 0. The van der Waals surface area contributed by atoms with E-state index in [1.54, 1.807) is 0 Å². The molecule has 0 bridgehead atoms. The van der Waals surface area contributed by atoms with E-state index < -0.39 is 5.66 Å². The van der Waals surface area contributed by atoms with Crippen molar-refractivity contribution in [3.63, 3.8) is 0 Å². The maximum absolute atomic E-state index is 5.94. The van der Waals surface area contributed by atoms with Gasteiger partial charge in [0.25, 0.3) is 0 Å². The molecule has 0 saturated carbocycles. The van der Waals surface area contributed by atoms with Crippen molar-refractivity contribution < 1.29 is 0 Å². The van der Waals surface area contributed by atoms with Crippen molar-refractivity contribution in [2.75, 3.05) is 0 Å². The van der Waals surface area contributed by atoms with E-state index in [0.717, 1.165) is 0 Å². The van der Waals surface area contributed by atoms with Crippen molar-refractivity contribution in [2.45, 2.75) is 51.6 Å². The lowest BCUT2D eigenvalue weighted by Gasteiger charge is -2.25. The summed E-state index contributed by atoms with van der Waals surface area (Å²) in [7, 11) is 0. The molecule has 2 nitrogen and oxygen atoms in total. The van der Waals surface area contributed by atoms with Crippen molar-refractivity contribution in [2.24, 2.45) is 11.5 Å². The van der Waals surface area contributed by atoms with Gasteiger partial charge in [0.2, 0.25) is 0 Å². The minimum atomic E-state index is -0.697. The van der Waals surface area contributed by atoms with Gasteiger partial charge in [0.1, 0.15) is 0 Å². The molecule has 20 heavy (non-hydrogen) atoms. The Bertz CT molecular complexity index is 549. The van der Waals surface area contributed by atoms with Crippen LogP contribution in [0.25, 0.3) is 5.57 Å². The molecule has 2 rings (SSSR count). The van der Waals surface area contributed by atoms with Crippen LogP contribution in [0.1, 0.15) is 62.6 Å². The fourth-order valence-corrected chi connectivity index (χ4v) is 2.85. The SMILES string of the molecule is CC(C)c1cccc(C2=CCC(N)(N)C=C2)c1C(C)C. The van der Waals surface area contributed by atoms with Crippen LogP contribution in [0.4, 0.5) is 0 Å². The van der Waals surface area contributed by atoms with Crippen LogP contribution in [0.3, 0.4) is 0 Å².